The zero-order chi connectivity index (χ0) is 22.7. The maximum Gasteiger partial charge on any atom is 0.272 e. The van der Waals surface area contributed by atoms with Gasteiger partial charge in [-0.25, -0.2) is 13.4 Å². The first-order valence-electron chi connectivity index (χ1n) is 10.8. The molecule has 3 aromatic rings. The number of hydrogen-bond acceptors (Lipinski definition) is 6. The van der Waals surface area contributed by atoms with Crippen molar-refractivity contribution in [1.29, 1.82) is 0 Å². The van der Waals surface area contributed by atoms with Crippen LogP contribution in [-0.4, -0.2) is 72.5 Å². The van der Waals surface area contributed by atoms with Crippen LogP contribution in [-0.2, 0) is 22.9 Å². The summed E-state index contributed by atoms with van der Waals surface area (Å²) in [5, 5.41) is 2.72. The third kappa shape index (κ3) is 5.01. The molecule has 0 radical (unpaired) electrons. The number of nitrogens with zero attached hydrogens (tertiary/aromatic N) is 4. The Morgan fingerprint density at radius 1 is 1.00 bits per heavy atom. The fourth-order valence-corrected chi connectivity index (χ4v) is 4.76. The lowest BCUT2D eigenvalue weighted by atomic mass is 10.1. The summed E-state index contributed by atoms with van der Waals surface area (Å²) in [7, 11) is -3.57. The molecule has 9 heteroatoms. The number of carbonyl (C=O) groups is 1. The number of hydrogen-bond donors (Lipinski definition) is 1. The number of pyridine rings is 1. The third-order valence-electron chi connectivity index (χ3n) is 5.86. The molecule has 8 nitrogen and oxygen atoms in total. The highest BCUT2D eigenvalue weighted by Gasteiger charge is 2.22. The molecule has 2 aromatic heterocycles. The minimum atomic E-state index is -3.57. The average molecular weight is 456 g/mol. The number of carbonyl (C=O) groups excluding carboxylic acids is 1. The SMILES string of the molecule is CCN1CCN(Cc2ccc(CNC(=O)c3nc(S(C)(=O)=O)n4ccccc34)cc2)CC1. The fraction of sp³-hybridized carbons (Fsp3) is 0.391. The first-order valence-corrected chi connectivity index (χ1v) is 12.7. The molecule has 3 heterocycles. The largest absolute Gasteiger partial charge is 0.347 e. The van der Waals surface area contributed by atoms with Gasteiger partial charge >= 0.3 is 0 Å². The molecule has 0 aliphatic carbocycles. The van der Waals surface area contributed by atoms with Gasteiger partial charge in [-0.05, 0) is 29.8 Å². The van der Waals surface area contributed by atoms with Gasteiger partial charge in [-0.2, -0.15) is 0 Å². The van der Waals surface area contributed by atoms with Gasteiger partial charge in [-0.15, -0.1) is 0 Å². The first kappa shape index (κ1) is 22.4. The Morgan fingerprint density at radius 2 is 1.66 bits per heavy atom. The molecule has 1 fully saturated rings. The molecule has 1 aromatic carbocycles. The van der Waals surface area contributed by atoms with Crippen LogP contribution < -0.4 is 5.32 Å². The summed E-state index contributed by atoms with van der Waals surface area (Å²) in [5.41, 5.74) is 2.80. The van der Waals surface area contributed by atoms with Crippen molar-refractivity contribution in [3.63, 3.8) is 0 Å². The van der Waals surface area contributed by atoms with Gasteiger partial charge < -0.3 is 10.2 Å². The van der Waals surface area contributed by atoms with E-state index in [4.69, 9.17) is 0 Å². The summed E-state index contributed by atoms with van der Waals surface area (Å²) in [5.74, 6) is -0.401. The number of fused-ring (bicyclic) bond motifs is 1. The minimum Gasteiger partial charge on any atom is -0.347 e. The Hall–Kier alpha value is -2.75. The lowest BCUT2D eigenvalue weighted by Gasteiger charge is -2.34. The van der Waals surface area contributed by atoms with Crippen molar-refractivity contribution in [1.82, 2.24) is 24.5 Å². The molecule has 32 heavy (non-hydrogen) atoms. The molecule has 1 aliphatic heterocycles. The topological polar surface area (TPSA) is 87.0 Å². The van der Waals surface area contributed by atoms with Crippen molar-refractivity contribution in [2.24, 2.45) is 0 Å². The molecule has 170 valence electrons. The molecule has 1 aliphatic rings. The van der Waals surface area contributed by atoms with Crippen molar-refractivity contribution in [3.8, 4) is 0 Å². The molecule has 0 spiro atoms. The van der Waals surface area contributed by atoms with E-state index in [1.54, 1.807) is 24.4 Å². The van der Waals surface area contributed by atoms with E-state index in [-0.39, 0.29) is 10.9 Å². The van der Waals surface area contributed by atoms with Crippen molar-refractivity contribution in [2.45, 2.75) is 25.2 Å². The average Bonchev–Trinajstić information content (AvgIpc) is 3.19. The molecule has 1 saturated heterocycles. The minimum absolute atomic E-state index is 0.105. The second-order valence-electron chi connectivity index (χ2n) is 8.18. The Bertz CT molecular complexity index is 1200. The molecular weight excluding hydrogens is 426 g/mol. The number of piperazine rings is 1. The number of benzene rings is 1. The summed E-state index contributed by atoms with van der Waals surface area (Å²) in [4.78, 5) is 21.8. The summed E-state index contributed by atoms with van der Waals surface area (Å²) in [6.45, 7) is 8.98. The predicted molar refractivity (Wildman–Crippen MR) is 123 cm³/mol. The summed E-state index contributed by atoms with van der Waals surface area (Å²) < 4.78 is 25.5. The highest BCUT2D eigenvalue weighted by molar-refractivity contribution is 7.90. The summed E-state index contributed by atoms with van der Waals surface area (Å²) >= 11 is 0. The zero-order valence-corrected chi connectivity index (χ0v) is 19.3. The summed E-state index contributed by atoms with van der Waals surface area (Å²) in [6, 6.07) is 13.4. The van der Waals surface area contributed by atoms with Crippen LogP contribution >= 0.6 is 0 Å². The maximum absolute atomic E-state index is 12.8. The monoisotopic (exact) mass is 455 g/mol. The number of amides is 1. The molecule has 4 rings (SSSR count). The van der Waals surface area contributed by atoms with Crippen LogP contribution in [0.4, 0.5) is 0 Å². The standard InChI is InChI=1S/C23H29N5O3S/c1-3-26-12-14-27(15-13-26)17-19-9-7-18(8-10-19)16-24-22(29)21-20-6-4-5-11-28(20)23(25-21)32(2,30)31/h4-11H,3,12-17H2,1-2H3,(H,24,29). The normalized spacial score (nSPS) is 15.8. The molecule has 0 bridgehead atoms. The Kier molecular flexibility index (Phi) is 6.59. The number of sulfone groups is 1. The maximum atomic E-state index is 12.8. The fourth-order valence-electron chi connectivity index (χ4n) is 3.99. The van der Waals surface area contributed by atoms with E-state index in [9.17, 15) is 13.2 Å². The van der Waals surface area contributed by atoms with Crippen molar-refractivity contribution >= 4 is 21.3 Å². The number of rotatable bonds is 7. The Morgan fingerprint density at radius 3 is 2.31 bits per heavy atom. The molecule has 0 atom stereocenters. The zero-order valence-electron chi connectivity index (χ0n) is 18.5. The van der Waals surface area contributed by atoms with E-state index in [2.05, 4.69) is 39.2 Å². The van der Waals surface area contributed by atoms with Crippen LogP contribution in [0.2, 0.25) is 0 Å². The lowest BCUT2D eigenvalue weighted by molar-refractivity contribution is 0.0947. The van der Waals surface area contributed by atoms with Crippen LogP contribution in [0.25, 0.3) is 5.52 Å². The second-order valence-corrected chi connectivity index (χ2v) is 10.1. The van der Waals surface area contributed by atoms with Gasteiger partial charge in [-0.1, -0.05) is 37.3 Å². The van der Waals surface area contributed by atoms with Crippen molar-refractivity contribution in [3.05, 3.63) is 65.5 Å². The Labute approximate surface area is 188 Å². The molecule has 0 saturated carbocycles. The second kappa shape index (κ2) is 9.40. The van der Waals surface area contributed by atoms with Gasteiger partial charge in [0, 0.05) is 51.7 Å². The third-order valence-corrected chi connectivity index (χ3v) is 6.81. The predicted octanol–water partition coefficient (Wildman–Crippen LogP) is 1.81. The van der Waals surface area contributed by atoms with Gasteiger partial charge in [0.15, 0.2) is 5.69 Å². The highest BCUT2D eigenvalue weighted by atomic mass is 32.2. The van der Waals surface area contributed by atoms with Crippen LogP contribution in [0.3, 0.4) is 0 Å². The first-order chi connectivity index (χ1) is 15.3. The van der Waals surface area contributed by atoms with Crippen LogP contribution in [0, 0.1) is 0 Å². The van der Waals surface area contributed by atoms with Gasteiger partial charge in [0.05, 0.1) is 5.52 Å². The quantitative estimate of drug-likeness (QED) is 0.585. The van der Waals surface area contributed by atoms with E-state index in [1.807, 2.05) is 12.1 Å². The van der Waals surface area contributed by atoms with E-state index in [0.29, 0.717) is 12.1 Å². The number of aromatic nitrogens is 2. The van der Waals surface area contributed by atoms with E-state index in [1.165, 1.54) is 9.96 Å². The van der Waals surface area contributed by atoms with Gasteiger partial charge in [-0.3, -0.25) is 14.1 Å². The smallest absolute Gasteiger partial charge is 0.272 e. The molecule has 1 amide bonds. The molecular formula is C23H29N5O3S. The number of nitrogens with one attached hydrogen (secondary N) is 1. The lowest BCUT2D eigenvalue weighted by Crippen LogP contribution is -2.45. The van der Waals surface area contributed by atoms with E-state index >= 15 is 0 Å². The van der Waals surface area contributed by atoms with Crippen molar-refractivity contribution in [2.75, 3.05) is 39.0 Å². The van der Waals surface area contributed by atoms with Crippen LogP contribution in [0.1, 0.15) is 28.5 Å². The molecule has 0 unspecified atom stereocenters. The van der Waals surface area contributed by atoms with Gasteiger partial charge in [0.1, 0.15) is 0 Å². The number of imidazole rings is 1. The van der Waals surface area contributed by atoms with Gasteiger partial charge in [0.2, 0.25) is 15.0 Å². The van der Waals surface area contributed by atoms with E-state index in [0.717, 1.165) is 51.1 Å². The summed E-state index contributed by atoms with van der Waals surface area (Å²) in [6.07, 6.45) is 2.68. The van der Waals surface area contributed by atoms with Crippen LogP contribution in [0.5, 0.6) is 0 Å². The molecule has 1 N–H and O–H groups in total. The van der Waals surface area contributed by atoms with Crippen LogP contribution in [0.15, 0.2) is 53.8 Å². The number of likely N-dealkylation sites (N-methyl/N-ethyl adjacent to an activating group) is 1. The van der Waals surface area contributed by atoms with E-state index < -0.39 is 15.7 Å². The van der Waals surface area contributed by atoms with Crippen molar-refractivity contribution < 1.29 is 13.2 Å². The highest BCUT2D eigenvalue weighted by Crippen LogP contribution is 2.17. The van der Waals surface area contributed by atoms with Gasteiger partial charge in [0.25, 0.3) is 5.91 Å². The Balaban J connectivity index is 1.39.